The Labute approximate surface area is 123 Å². The lowest BCUT2D eigenvalue weighted by Gasteiger charge is -2.03. The van der Waals surface area contributed by atoms with Crippen LogP contribution in [0.4, 0.5) is 5.82 Å². The van der Waals surface area contributed by atoms with Gasteiger partial charge in [0, 0.05) is 17.2 Å². The lowest BCUT2D eigenvalue weighted by molar-refractivity contribution is 0.602. The van der Waals surface area contributed by atoms with Gasteiger partial charge >= 0.3 is 0 Å². The zero-order valence-electron chi connectivity index (χ0n) is 9.87. The molecule has 0 bridgehead atoms. The Bertz CT molecular complexity index is 682. The molecule has 0 saturated carbocycles. The van der Waals surface area contributed by atoms with Crippen molar-refractivity contribution in [3.63, 3.8) is 0 Å². The van der Waals surface area contributed by atoms with Crippen LogP contribution in [0, 0.1) is 0 Å². The molecule has 0 aliphatic carbocycles. The van der Waals surface area contributed by atoms with Crippen LogP contribution < -0.4 is 5.73 Å². The molecular formula is C11H10BrN3O2S2. The van der Waals surface area contributed by atoms with Crippen LogP contribution in [0.5, 0.6) is 0 Å². The van der Waals surface area contributed by atoms with Crippen LogP contribution in [-0.4, -0.2) is 24.6 Å². The van der Waals surface area contributed by atoms with Gasteiger partial charge in [-0.05, 0) is 52.0 Å². The van der Waals surface area contributed by atoms with E-state index in [-0.39, 0.29) is 4.90 Å². The molecule has 0 fully saturated rings. The number of anilines is 1. The molecule has 1 aromatic carbocycles. The van der Waals surface area contributed by atoms with Gasteiger partial charge in [0.1, 0.15) is 10.4 Å². The number of benzene rings is 1. The molecule has 5 nitrogen and oxygen atoms in total. The summed E-state index contributed by atoms with van der Waals surface area (Å²) in [5.74, 6) is 0.372. The highest BCUT2D eigenvalue weighted by Crippen LogP contribution is 2.27. The van der Waals surface area contributed by atoms with Gasteiger partial charge in [0.15, 0.2) is 15.0 Å². The molecule has 0 saturated heterocycles. The number of nitrogens with zero attached hydrogens (tertiary/aromatic N) is 2. The Morgan fingerprint density at radius 2 is 1.84 bits per heavy atom. The summed E-state index contributed by atoms with van der Waals surface area (Å²) in [4.78, 5) is 9.37. The number of rotatable bonds is 3. The van der Waals surface area contributed by atoms with Crippen LogP contribution in [-0.2, 0) is 9.84 Å². The Hall–Kier alpha value is -1.12. The maximum absolute atomic E-state index is 11.3. The molecule has 0 atom stereocenters. The van der Waals surface area contributed by atoms with Crippen LogP contribution in [0.2, 0.25) is 0 Å². The minimum absolute atomic E-state index is 0.284. The normalized spacial score (nSPS) is 11.5. The second-order valence-corrected chi connectivity index (χ2v) is 7.61. The molecule has 8 heteroatoms. The smallest absolute Gasteiger partial charge is 0.195 e. The first kappa shape index (κ1) is 14.3. The first-order chi connectivity index (χ1) is 8.84. The highest BCUT2D eigenvalue weighted by atomic mass is 79.9. The number of hydrogen-bond acceptors (Lipinski definition) is 6. The Morgan fingerprint density at radius 1 is 1.21 bits per heavy atom. The Morgan fingerprint density at radius 3 is 2.37 bits per heavy atom. The van der Waals surface area contributed by atoms with Gasteiger partial charge < -0.3 is 5.73 Å². The molecule has 2 N–H and O–H groups in total. The summed E-state index contributed by atoms with van der Waals surface area (Å²) in [5.41, 5.74) is 5.62. The average Bonchev–Trinajstić information content (AvgIpc) is 2.26. The first-order valence-electron chi connectivity index (χ1n) is 5.12. The fourth-order valence-corrected chi connectivity index (χ4v) is 3.25. The molecule has 0 unspecified atom stereocenters. The fraction of sp³-hybridized carbons (Fsp3) is 0.0909. The topological polar surface area (TPSA) is 85.9 Å². The van der Waals surface area contributed by atoms with Crippen LogP contribution >= 0.6 is 27.7 Å². The van der Waals surface area contributed by atoms with Crippen LogP contribution in [0.25, 0.3) is 0 Å². The summed E-state index contributed by atoms with van der Waals surface area (Å²) >= 11 is 4.55. The van der Waals surface area contributed by atoms with Gasteiger partial charge in [-0.15, -0.1) is 0 Å². The summed E-state index contributed by atoms with van der Waals surface area (Å²) in [7, 11) is -3.17. The zero-order chi connectivity index (χ0) is 14.0. The van der Waals surface area contributed by atoms with E-state index in [2.05, 4.69) is 25.9 Å². The van der Waals surface area contributed by atoms with E-state index in [1.54, 1.807) is 30.3 Å². The number of aromatic nitrogens is 2. The third-order valence-electron chi connectivity index (χ3n) is 2.16. The predicted molar refractivity (Wildman–Crippen MR) is 77.8 cm³/mol. The van der Waals surface area contributed by atoms with Crippen molar-refractivity contribution < 1.29 is 8.42 Å². The average molecular weight is 360 g/mol. The second-order valence-electron chi connectivity index (χ2n) is 3.74. The highest BCUT2D eigenvalue weighted by Gasteiger charge is 2.08. The van der Waals surface area contributed by atoms with E-state index in [4.69, 9.17) is 5.73 Å². The lowest BCUT2D eigenvalue weighted by Crippen LogP contribution is -1.96. The maximum Gasteiger partial charge on any atom is 0.195 e. The van der Waals surface area contributed by atoms with Crippen molar-refractivity contribution >= 4 is 43.3 Å². The molecule has 0 amide bonds. The second kappa shape index (κ2) is 5.48. The van der Waals surface area contributed by atoms with E-state index in [0.29, 0.717) is 15.6 Å². The van der Waals surface area contributed by atoms with Crippen LogP contribution in [0.1, 0.15) is 0 Å². The van der Waals surface area contributed by atoms with E-state index >= 15 is 0 Å². The van der Waals surface area contributed by atoms with Crippen molar-refractivity contribution in [2.75, 3.05) is 12.0 Å². The minimum Gasteiger partial charge on any atom is -0.384 e. The quantitative estimate of drug-likeness (QED) is 0.668. The van der Waals surface area contributed by atoms with E-state index < -0.39 is 9.84 Å². The van der Waals surface area contributed by atoms with Crippen molar-refractivity contribution in [3.05, 3.63) is 34.9 Å². The Kier molecular flexibility index (Phi) is 4.12. The molecule has 0 spiro atoms. The summed E-state index contributed by atoms with van der Waals surface area (Å²) < 4.78 is 23.3. The molecule has 100 valence electrons. The van der Waals surface area contributed by atoms with Crippen LogP contribution in [0.3, 0.4) is 0 Å². The summed E-state index contributed by atoms with van der Waals surface area (Å²) in [6.45, 7) is 0. The molecule has 19 heavy (non-hydrogen) atoms. The number of hydrogen-bond donors (Lipinski definition) is 1. The van der Waals surface area contributed by atoms with Gasteiger partial charge in [-0.25, -0.2) is 18.4 Å². The SMILES string of the molecule is CS(=O)(=O)c1ccc(Sc2nc(N)cc(Br)n2)cc1. The van der Waals surface area contributed by atoms with Gasteiger partial charge in [-0.3, -0.25) is 0 Å². The number of nitrogens with two attached hydrogens (primary N) is 1. The molecular weight excluding hydrogens is 350 g/mol. The number of nitrogen functional groups attached to an aromatic ring is 1. The van der Waals surface area contributed by atoms with Gasteiger partial charge in [-0.2, -0.15) is 0 Å². The Balaban J connectivity index is 2.24. The van der Waals surface area contributed by atoms with Gasteiger partial charge in [0.25, 0.3) is 0 Å². The summed E-state index contributed by atoms with van der Waals surface area (Å²) in [5, 5.41) is 0.499. The van der Waals surface area contributed by atoms with Gasteiger partial charge in [-0.1, -0.05) is 0 Å². The van der Waals surface area contributed by atoms with Crippen LogP contribution in [0.15, 0.2) is 49.9 Å². The maximum atomic E-state index is 11.3. The molecule has 0 aliphatic heterocycles. The van der Waals surface area contributed by atoms with E-state index in [9.17, 15) is 8.42 Å². The monoisotopic (exact) mass is 359 g/mol. The first-order valence-corrected chi connectivity index (χ1v) is 8.63. The van der Waals surface area contributed by atoms with Crippen molar-refractivity contribution in [3.8, 4) is 0 Å². The van der Waals surface area contributed by atoms with E-state index in [0.717, 1.165) is 4.90 Å². The fourth-order valence-electron chi connectivity index (χ4n) is 1.32. The molecule has 2 rings (SSSR count). The standard InChI is InChI=1S/C11H10BrN3O2S2/c1-19(16,17)8-4-2-7(3-5-8)18-11-14-9(12)6-10(13)15-11/h2-6H,1H3,(H2,13,14,15). The van der Waals surface area contributed by atoms with Crippen molar-refractivity contribution in [1.82, 2.24) is 9.97 Å². The van der Waals surface area contributed by atoms with Crippen molar-refractivity contribution in [1.29, 1.82) is 0 Å². The third-order valence-corrected chi connectivity index (χ3v) is 4.56. The summed E-state index contributed by atoms with van der Waals surface area (Å²) in [6, 6.07) is 8.14. The largest absolute Gasteiger partial charge is 0.384 e. The van der Waals surface area contributed by atoms with Gasteiger partial charge in [0.05, 0.1) is 4.90 Å². The molecule has 1 aromatic heterocycles. The molecule has 1 heterocycles. The summed E-state index contributed by atoms with van der Waals surface area (Å²) in [6.07, 6.45) is 1.17. The third kappa shape index (κ3) is 3.92. The van der Waals surface area contributed by atoms with Crippen molar-refractivity contribution in [2.24, 2.45) is 0 Å². The van der Waals surface area contributed by atoms with Gasteiger partial charge in [0.2, 0.25) is 0 Å². The van der Waals surface area contributed by atoms with E-state index in [1.165, 1.54) is 18.0 Å². The predicted octanol–water partition coefficient (Wildman–Crippen LogP) is 2.38. The highest BCUT2D eigenvalue weighted by molar-refractivity contribution is 9.10. The van der Waals surface area contributed by atoms with E-state index in [1.807, 2.05) is 0 Å². The molecule has 0 radical (unpaired) electrons. The lowest BCUT2D eigenvalue weighted by atomic mass is 10.4. The molecule has 2 aromatic rings. The zero-order valence-corrected chi connectivity index (χ0v) is 13.1. The van der Waals surface area contributed by atoms with Crippen molar-refractivity contribution in [2.45, 2.75) is 14.9 Å². The number of sulfone groups is 1. The number of halogens is 1. The minimum atomic E-state index is -3.17. The molecule has 0 aliphatic rings.